The van der Waals surface area contributed by atoms with Gasteiger partial charge in [0.25, 0.3) is 0 Å². The Hall–Kier alpha value is -0.570. The maximum atomic E-state index is 10.1. The van der Waals surface area contributed by atoms with Gasteiger partial charge < -0.3 is 10.2 Å². The van der Waals surface area contributed by atoms with Crippen LogP contribution in [0.3, 0.4) is 0 Å². The van der Waals surface area contributed by atoms with Crippen molar-refractivity contribution in [1.29, 1.82) is 0 Å². The van der Waals surface area contributed by atoms with Crippen molar-refractivity contribution >= 4 is 22.6 Å². The molecule has 0 heterocycles. The maximum absolute atomic E-state index is 10.1. The Morgan fingerprint density at radius 3 is 2.42 bits per heavy atom. The molecule has 1 N–H and O–H groups in total. The molecule has 0 radical (unpaired) electrons. The Morgan fingerprint density at radius 2 is 1.92 bits per heavy atom. The summed E-state index contributed by atoms with van der Waals surface area (Å²) in [6.07, 6.45) is -1.80. The highest BCUT2D eigenvalue weighted by Gasteiger charge is 1.85. The van der Waals surface area contributed by atoms with E-state index in [0.717, 1.165) is 9.13 Å². The van der Waals surface area contributed by atoms with Crippen molar-refractivity contribution in [3.05, 3.63) is 33.4 Å². The van der Waals surface area contributed by atoms with E-state index in [1.807, 2.05) is 12.1 Å². The van der Waals surface area contributed by atoms with E-state index in [4.69, 9.17) is 5.11 Å². The van der Waals surface area contributed by atoms with Gasteiger partial charge in [-0.1, -0.05) is 11.8 Å². The summed E-state index contributed by atoms with van der Waals surface area (Å²) < 4.78 is 1.11. The second kappa shape index (κ2) is 4.45. The first-order valence-corrected chi connectivity index (χ1v) is 4.37. The lowest BCUT2D eigenvalue weighted by Gasteiger charge is -2.02. The first-order valence-electron chi connectivity index (χ1n) is 3.29. The third-order valence-corrected chi connectivity index (χ3v) is 1.90. The number of halogens is 1. The molecule has 0 amide bonds. The number of benzene rings is 1. The van der Waals surface area contributed by atoms with E-state index in [9.17, 15) is 5.11 Å². The van der Waals surface area contributed by atoms with Crippen molar-refractivity contribution in [2.45, 2.75) is 6.29 Å². The van der Waals surface area contributed by atoms with E-state index in [0.29, 0.717) is 0 Å². The minimum atomic E-state index is -1.80. The zero-order chi connectivity index (χ0) is 8.97. The summed E-state index contributed by atoms with van der Waals surface area (Å²) in [6.45, 7) is 0. The van der Waals surface area contributed by atoms with Gasteiger partial charge in [0.2, 0.25) is 0 Å². The average Bonchev–Trinajstić information content (AvgIpc) is 2.03. The molecule has 3 heteroatoms. The molecule has 2 nitrogen and oxygen atoms in total. The van der Waals surface area contributed by atoms with E-state index >= 15 is 0 Å². The summed E-state index contributed by atoms with van der Waals surface area (Å²) in [5.41, 5.74) is 0.741. The predicted octanol–water partition coefficient (Wildman–Crippen LogP) is 0.321. The highest BCUT2D eigenvalue weighted by Crippen LogP contribution is 2.05. The fourth-order valence-electron chi connectivity index (χ4n) is 0.678. The summed E-state index contributed by atoms with van der Waals surface area (Å²) in [5.74, 6) is 4.68. The number of aliphatic hydroxyl groups is 1. The molecule has 12 heavy (non-hydrogen) atoms. The lowest BCUT2D eigenvalue weighted by atomic mass is 10.2. The molecule has 62 valence electrons. The van der Waals surface area contributed by atoms with Crippen molar-refractivity contribution < 1.29 is 10.2 Å². The maximum Gasteiger partial charge on any atom is 0.0427 e. The quantitative estimate of drug-likeness (QED) is 0.420. The monoisotopic (exact) mass is 273 g/mol. The van der Waals surface area contributed by atoms with Gasteiger partial charge in [0.1, 0.15) is 0 Å². The molecule has 1 aromatic carbocycles. The summed E-state index contributed by atoms with van der Waals surface area (Å²) in [4.78, 5) is 0. The van der Waals surface area contributed by atoms with Crippen LogP contribution in [0.15, 0.2) is 24.3 Å². The molecule has 1 unspecified atom stereocenters. The Kier molecular flexibility index (Phi) is 3.53. The molecule has 0 aliphatic carbocycles. The van der Waals surface area contributed by atoms with Crippen LogP contribution < -0.4 is 5.11 Å². The van der Waals surface area contributed by atoms with Crippen LogP contribution in [0.2, 0.25) is 0 Å². The van der Waals surface area contributed by atoms with Crippen molar-refractivity contribution in [2.75, 3.05) is 0 Å². The van der Waals surface area contributed by atoms with E-state index in [-0.39, 0.29) is 0 Å². The van der Waals surface area contributed by atoms with E-state index in [1.54, 1.807) is 12.1 Å². The van der Waals surface area contributed by atoms with Crippen molar-refractivity contribution in [3.63, 3.8) is 0 Å². The number of hydrogen-bond acceptors (Lipinski definition) is 2. The zero-order valence-corrected chi connectivity index (χ0v) is 8.28. The molecule has 1 atom stereocenters. The van der Waals surface area contributed by atoms with Crippen LogP contribution in [0.5, 0.6) is 0 Å². The van der Waals surface area contributed by atoms with Gasteiger partial charge in [-0.25, -0.2) is 0 Å². The smallest absolute Gasteiger partial charge is 0.0427 e. The van der Waals surface area contributed by atoms with Crippen molar-refractivity contribution in [1.82, 2.24) is 0 Å². The largest absolute Gasteiger partial charge is 0.821 e. The van der Waals surface area contributed by atoms with Crippen LogP contribution in [0.1, 0.15) is 5.56 Å². The fraction of sp³-hybridized carbons (Fsp3) is 0.111. The fourth-order valence-corrected chi connectivity index (χ4v) is 1.04. The summed E-state index contributed by atoms with van der Waals surface area (Å²) >= 11 is 2.18. The number of rotatable bonds is 0. The minimum Gasteiger partial charge on any atom is -0.821 e. The highest BCUT2D eigenvalue weighted by molar-refractivity contribution is 14.1. The third kappa shape index (κ3) is 3.22. The molecule has 1 rings (SSSR count). The van der Waals surface area contributed by atoms with Gasteiger partial charge in [-0.15, -0.1) is 0 Å². The lowest BCUT2D eigenvalue weighted by molar-refractivity contribution is -0.459. The first kappa shape index (κ1) is 9.52. The van der Waals surface area contributed by atoms with Gasteiger partial charge in [0, 0.05) is 15.4 Å². The summed E-state index contributed by atoms with van der Waals surface area (Å²) in [7, 11) is 0. The highest BCUT2D eigenvalue weighted by atomic mass is 127. The molecular weight excluding hydrogens is 267 g/mol. The van der Waals surface area contributed by atoms with E-state index < -0.39 is 6.29 Å². The van der Waals surface area contributed by atoms with Gasteiger partial charge >= 0.3 is 0 Å². The standard InChI is InChI=1S/C9H6IO2/c10-8-4-1-7(2-5-8)3-6-9(11)12/h1-2,4-5,9,11H/q-1. The zero-order valence-electron chi connectivity index (χ0n) is 6.12. The molecular formula is C9H6IO2-. The molecule has 0 spiro atoms. The van der Waals surface area contributed by atoms with Crippen molar-refractivity contribution in [3.8, 4) is 11.8 Å². The van der Waals surface area contributed by atoms with Crippen LogP contribution in [0.4, 0.5) is 0 Å². The Morgan fingerprint density at radius 1 is 1.33 bits per heavy atom. The molecule has 0 bridgehead atoms. The molecule has 0 saturated heterocycles. The van der Waals surface area contributed by atoms with Crippen LogP contribution in [0.25, 0.3) is 0 Å². The topological polar surface area (TPSA) is 43.3 Å². The molecule has 0 aliphatic rings. The van der Waals surface area contributed by atoms with Crippen LogP contribution in [0, 0.1) is 15.4 Å². The van der Waals surface area contributed by atoms with E-state index in [1.165, 1.54) is 0 Å². The Bertz CT molecular complexity index is 306. The molecule has 0 aromatic heterocycles. The first-order chi connectivity index (χ1) is 5.68. The van der Waals surface area contributed by atoms with Crippen LogP contribution in [-0.4, -0.2) is 11.4 Å². The second-order valence-electron chi connectivity index (χ2n) is 2.13. The number of hydrogen-bond donors (Lipinski definition) is 1. The minimum absolute atomic E-state index is 0.741. The molecule has 0 fully saturated rings. The Balaban J connectivity index is 2.79. The second-order valence-corrected chi connectivity index (χ2v) is 3.37. The SMILES string of the molecule is [O-]C(O)C#Cc1ccc(I)cc1. The average molecular weight is 273 g/mol. The van der Waals surface area contributed by atoms with Crippen LogP contribution >= 0.6 is 22.6 Å². The van der Waals surface area contributed by atoms with E-state index in [2.05, 4.69) is 34.4 Å². The number of aliphatic hydroxyl groups excluding tert-OH is 1. The van der Waals surface area contributed by atoms with Gasteiger partial charge in [-0.2, -0.15) is 0 Å². The molecule has 1 aromatic rings. The molecule has 0 aliphatic heterocycles. The molecule has 0 saturated carbocycles. The third-order valence-electron chi connectivity index (χ3n) is 1.18. The Labute approximate surface area is 84.4 Å². The predicted molar refractivity (Wildman–Crippen MR) is 52.0 cm³/mol. The van der Waals surface area contributed by atoms with Crippen molar-refractivity contribution in [2.24, 2.45) is 0 Å². The summed E-state index contributed by atoms with van der Waals surface area (Å²) in [6, 6.07) is 7.39. The normalized spacial score (nSPS) is 11.6. The van der Waals surface area contributed by atoms with Crippen LogP contribution in [-0.2, 0) is 0 Å². The van der Waals surface area contributed by atoms with Gasteiger partial charge in [0.15, 0.2) is 0 Å². The van der Waals surface area contributed by atoms with Gasteiger partial charge in [-0.05, 0) is 46.9 Å². The lowest BCUT2D eigenvalue weighted by Crippen LogP contribution is -2.21. The van der Waals surface area contributed by atoms with Gasteiger partial charge in [-0.3, -0.25) is 0 Å². The summed E-state index contributed by atoms with van der Waals surface area (Å²) in [5, 5.41) is 18.5. The van der Waals surface area contributed by atoms with Gasteiger partial charge in [0.05, 0.1) is 0 Å².